The Bertz CT molecular complexity index is 190. The number of hydrogen-bond donors (Lipinski definition) is 2. The summed E-state index contributed by atoms with van der Waals surface area (Å²) in [6.07, 6.45) is 5.47. The zero-order valence-electron chi connectivity index (χ0n) is 10.7. The van der Waals surface area contributed by atoms with E-state index >= 15 is 0 Å². The predicted molar refractivity (Wildman–Crippen MR) is 68.7 cm³/mol. The molecule has 3 nitrogen and oxygen atoms in total. The molecule has 1 atom stereocenters. The number of hydrogen-bond acceptors (Lipinski definition) is 3. The van der Waals surface area contributed by atoms with E-state index in [0.717, 1.165) is 12.0 Å². The van der Waals surface area contributed by atoms with Crippen molar-refractivity contribution in [1.82, 2.24) is 15.5 Å². The van der Waals surface area contributed by atoms with Crippen molar-refractivity contribution in [3.8, 4) is 0 Å². The van der Waals surface area contributed by atoms with Gasteiger partial charge in [-0.25, -0.2) is 0 Å². The zero-order valence-corrected chi connectivity index (χ0v) is 10.7. The second kappa shape index (κ2) is 6.58. The number of piperidine rings is 2. The van der Waals surface area contributed by atoms with Crippen LogP contribution in [0.25, 0.3) is 0 Å². The highest BCUT2D eigenvalue weighted by molar-refractivity contribution is 4.79. The molecular formula is C13H27N3. The van der Waals surface area contributed by atoms with Gasteiger partial charge in [0.1, 0.15) is 0 Å². The molecule has 0 amide bonds. The molecule has 0 aromatic rings. The van der Waals surface area contributed by atoms with E-state index in [9.17, 15) is 0 Å². The number of nitrogens with one attached hydrogen (secondary N) is 2. The Morgan fingerprint density at radius 1 is 1.25 bits per heavy atom. The topological polar surface area (TPSA) is 27.3 Å². The third-order valence-corrected chi connectivity index (χ3v) is 4.11. The van der Waals surface area contributed by atoms with Crippen LogP contribution in [0.1, 0.15) is 32.6 Å². The molecule has 2 fully saturated rings. The number of likely N-dealkylation sites (N-methyl/N-ethyl adjacent to an activating group) is 1. The Kier molecular flexibility index (Phi) is 5.07. The summed E-state index contributed by atoms with van der Waals surface area (Å²) in [5.74, 6) is 0.915. The van der Waals surface area contributed by atoms with Crippen molar-refractivity contribution in [2.24, 2.45) is 5.92 Å². The molecule has 0 aromatic carbocycles. The lowest BCUT2D eigenvalue weighted by molar-refractivity contribution is 0.192. The van der Waals surface area contributed by atoms with Crippen molar-refractivity contribution < 1.29 is 0 Å². The van der Waals surface area contributed by atoms with Crippen molar-refractivity contribution in [3.05, 3.63) is 0 Å². The molecule has 2 aliphatic heterocycles. The fourth-order valence-corrected chi connectivity index (χ4v) is 2.93. The van der Waals surface area contributed by atoms with Crippen molar-refractivity contribution in [1.29, 1.82) is 0 Å². The number of rotatable bonds is 4. The van der Waals surface area contributed by atoms with Gasteiger partial charge in [-0.15, -0.1) is 0 Å². The van der Waals surface area contributed by atoms with Gasteiger partial charge >= 0.3 is 0 Å². The van der Waals surface area contributed by atoms with Gasteiger partial charge < -0.3 is 15.5 Å². The molecule has 0 aromatic heterocycles. The van der Waals surface area contributed by atoms with E-state index in [4.69, 9.17) is 0 Å². The normalized spacial score (nSPS) is 29.4. The molecular weight excluding hydrogens is 198 g/mol. The van der Waals surface area contributed by atoms with E-state index < -0.39 is 0 Å². The standard InChI is InChI=1S/C13H27N3/c1-2-16-9-3-4-13(11-16)15-10-12-5-7-14-8-6-12/h12-15H,2-11H2,1H3. The van der Waals surface area contributed by atoms with Gasteiger partial charge in [0, 0.05) is 12.6 Å². The Morgan fingerprint density at radius 3 is 2.81 bits per heavy atom. The van der Waals surface area contributed by atoms with Gasteiger partial charge in [-0.3, -0.25) is 0 Å². The highest BCUT2D eigenvalue weighted by Crippen LogP contribution is 2.13. The smallest absolute Gasteiger partial charge is 0.0195 e. The zero-order chi connectivity index (χ0) is 11.2. The molecule has 3 heteroatoms. The minimum Gasteiger partial charge on any atom is -0.317 e. The molecule has 94 valence electrons. The Labute approximate surface area is 100.0 Å². The van der Waals surface area contributed by atoms with Gasteiger partial charge in [0.25, 0.3) is 0 Å². The third-order valence-electron chi connectivity index (χ3n) is 4.11. The second-order valence-corrected chi connectivity index (χ2v) is 5.33. The molecule has 0 bridgehead atoms. The molecule has 0 radical (unpaired) electrons. The van der Waals surface area contributed by atoms with Crippen LogP contribution in [-0.4, -0.2) is 50.2 Å². The number of likely N-dealkylation sites (tertiary alicyclic amines) is 1. The SMILES string of the molecule is CCN1CCCC(NCC2CCNCC2)C1. The van der Waals surface area contributed by atoms with Gasteiger partial charge in [-0.05, 0) is 64.3 Å². The van der Waals surface area contributed by atoms with Crippen LogP contribution in [0.4, 0.5) is 0 Å². The monoisotopic (exact) mass is 225 g/mol. The Balaban J connectivity index is 1.64. The molecule has 2 saturated heterocycles. The molecule has 16 heavy (non-hydrogen) atoms. The first-order chi connectivity index (χ1) is 7.88. The highest BCUT2D eigenvalue weighted by Gasteiger charge is 2.20. The molecule has 2 heterocycles. The van der Waals surface area contributed by atoms with Crippen LogP contribution in [0.2, 0.25) is 0 Å². The second-order valence-electron chi connectivity index (χ2n) is 5.33. The summed E-state index contributed by atoms with van der Waals surface area (Å²) in [4.78, 5) is 2.57. The molecule has 0 saturated carbocycles. The van der Waals surface area contributed by atoms with E-state index in [1.165, 1.54) is 65.0 Å². The van der Waals surface area contributed by atoms with Crippen LogP contribution in [-0.2, 0) is 0 Å². The first-order valence-corrected chi connectivity index (χ1v) is 7.05. The van der Waals surface area contributed by atoms with E-state index in [-0.39, 0.29) is 0 Å². The molecule has 2 rings (SSSR count). The minimum absolute atomic E-state index is 0.753. The van der Waals surface area contributed by atoms with Gasteiger partial charge in [0.05, 0.1) is 0 Å². The van der Waals surface area contributed by atoms with Gasteiger partial charge in [-0.1, -0.05) is 6.92 Å². The van der Waals surface area contributed by atoms with Crippen LogP contribution >= 0.6 is 0 Å². The first kappa shape index (κ1) is 12.3. The van der Waals surface area contributed by atoms with E-state index in [0.29, 0.717) is 0 Å². The minimum atomic E-state index is 0.753. The molecule has 1 unspecified atom stereocenters. The summed E-state index contributed by atoms with van der Waals surface area (Å²) < 4.78 is 0. The summed E-state index contributed by atoms with van der Waals surface area (Å²) in [7, 11) is 0. The first-order valence-electron chi connectivity index (χ1n) is 7.05. The van der Waals surface area contributed by atoms with Gasteiger partial charge in [0.2, 0.25) is 0 Å². The van der Waals surface area contributed by atoms with Crippen molar-refractivity contribution in [2.45, 2.75) is 38.6 Å². The highest BCUT2D eigenvalue weighted by atomic mass is 15.2. The lowest BCUT2D eigenvalue weighted by Crippen LogP contribution is -2.47. The number of nitrogens with zero attached hydrogens (tertiary/aromatic N) is 1. The molecule has 2 N–H and O–H groups in total. The fourth-order valence-electron chi connectivity index (χ4n) is 2.93. The molecule has 0 aliphatic carbocycles. The average Bonchev–Trinajstić information content (AvgIpc) is 2.38. The summed E-state index contributed by atoms with van der Waals surface area (Å²) in [6, 6.07) is 0.753. The molecule has 0 spiro atoms. The summed E-state index contributed by atoms with van der Waals surface area (Å²) in [5.41, 5.74) is 0. The maximum atomic E-state index is 3.79. The van der Waals surface area contributed by atoms with Crippen molar-refractivity contribution in [3.63, 3.8) is 0 Å². The van der Waals surface area contributed by atoms with E-state index in [2.05, 4.69) is 22.5 Å². The largest absolute Gasteiger partial charge is 0.317 e. The van der Waals surface area contributed by atoms with Crippen LogP contribution < -0.4 is 10.6 Å². The quantitative estimate of drug-likeness (QED) is 0.749. The van der Waals surface area contributed by atoms with Crippen LogP contribution in [0.3, 0.4) is 0 Å². The van der Waals surface area contributed by atoms with Gasteiger partial charge in [0.15, 0.2) is 0 Å². The van der Waals surface area contributed by atoms with Crippen LogP contribution in [0.15, 0.2) is 0 Å². The summed E-state index contributed by atoms with van der Waals surface area (Å²) >= 11 is 0. The maximum absolute atomic E-state index is 3.79. The maximum Gasteiger partial charge on any atom is 0.0195 e. The summed E-state index contributed by atoms with van der Waals surface area (Å²) in [6.45, 7) is 9.74. The van der Waals surface area contributed by atoms with E-state index in [1.54, 1.807) is 0 Å². The molecule has 2 aliphatic rings. The average molecular weight is 225 g/mol. The lowest BCUT2D eigenvalue weighted by Gasteiger charge is -2.34. The lowest BCUT2D eigenvalue weighted by atomic mass is 9.97. The van der Waals surface area contributed by atoms with Crippen molar-refractivity contribution >= 4 is 0 Å². The van der Waals surface area contributed by atoms with E-state index in [1.807, 2.05) is 0 Å². The van der Waals surface area contributed by atoms with Gasteiger partial charge in [-0.2, -0.15) is 0 Å². The third kappa shape index (κ3) is 3.72. The predicted octanol–water partition coefficient (Wildman–Crippen LogP) is 1.06. The Hall–Kier alpha value is -0.120. The van der Waals surface area contributed by atoms with Crippen LogP contribution in [0, 0.1) is 5.92 Å². The Morgan fingerprint density at radius 2 is 2.06 bits per heavy atom. The van der Waals surface area contributed by atoms with Crippen molar-refractivity contribution in [2.75, 3.05) is 39.3 Å². The fraction of sp³-hybridized carbons (Fsp3) is 1.00. The summed E-state index contributed by atoms with van der Waals surface area (Å²) in [5, 5.41) is 7.22. The van der Waals surface area contributed by atoms with Crippen LogP contribution in [0.5, 0.6) is 0 Å².